The molecule has 0 bridgehead atoms. The van der Waals surface area contributed by atoms with E-state index in [1.807, 2.05) is 0 Å². The highest BCUT2D eigenvalue weighted by molar-refractivity contribution is 5.63. The number of hydrogen-bond acceptors (Lipinski definition) is 4. The van der Waals surface area contributed by atoms with Crippen LogP contribution in [0.25, 0.3) is 11.1 Å². The molecule has 0 aliphatic carbocycles. The van der Waals surface area contributed by atoms with Gasteiger partial charge in [0.15, 0.2) is 0 Å². The van der Waals surface area contributed by atoms with Gasteiger partial charge in [-0.2, -0.15) is 0 Å². The quantitative estimate of drug-likeness (QED) is 0.0825. The molecule has 0 aromatic heterocycles. The van der Waals surface area contributed by atoms with E-state index in [1.165, 1.54) is 86.5 Å². The van der Waals surface area contributed by atoms with Gasteiger partial charge in [-0.05, 0) is 36.8 Å². The Bertz CT molecular complexity index is 884. The Kier molecular flexibility index (Phi) is 26.0. The molecule has 0 amide bonds. The van der Waals surface area contributed by atoms with Crippen LogP contribution in [0.3, 0.4) is 0 Å². The minimum Gasteiger partial charge on any atom is -1.00 e. The Morgan fingerprint density at radius 3 is 0.957 bits per heavy atom. The number of halogens is 2. The predicted octanol–water partition coefficient (Wildman–Crippen LogP) is 0.685. The molecule has 0 unspecified atom stereocenters. The highest BCUT2D eigenvalue weighted by Gasteiger charge is 2.28. The zero-order valence-corrected chi connectivity index (χ0v) is 30.5. The summed E-state index contributed by atoms with van der Waals surface area (Å²) in [5.41, 5.74) is 4.83. The van der Waals surface area contributed by atoms with Crippen LogP contribution in [0.1, 0.15) is 102 Å². The van der Waals surface area contributed by atoms with Gasteiger partial charge in [-0.3, -0.25) is 0 Å². The van der Waals surface area contributed by atoms with E-state index in [1.54, 1.807) is 0 Å². The summed E-state index contributed by atoms with van der Waals surface area (Å²) >= 11 is 0. The second kappa shape index (κ2) is 26.7. The maximum Gasteiger partial charge on any atom is 0.104 e. The van der Waals surface area contributed by atoms with Crippen molar-refractivity contribution in [1.29, 1.82) is 0 Å². The molecule has 2 rings (SSSR count). The number of quaternary nitrogens is 2. The first-order valence-corrected chi connectivity index (χ1v) is 17.8. The zero-order valence-electron chi connectivity index (χ0n) is 29.0. The van der Waals surface area contributed by atoms with Crippen LogP contribution >= 0.6 is 0 Å². The number of nitrogens with zero attached hydrogens (tertiary/aromatic N) is 2. The lowest BCUT2D eigenvalue weighted by Gasteiger charge is -2.38. The lowest BCUT2D eigenvalue weighted by molar-refractivity contribution is -0.941. The maximum atomic E-state index is 9.88. The van der Waals surface area contributed by atoms with Crippen molar-refractivity contribution in [3.8, 4) is 11.1 Å². The van der Waals surface area contributed by atoms with Crippen molar-refractivity contribution < 1.29 is 54.2 Å². The van der Waals surface area contributed by atoms with Gasteiger partial charge in [-0.15, -0.1) is 0 Å². The van der Waals surface area contributed by atoms with Crippen molar-refractivity contribution in [3.63, 3.8) is 0 Å². The lowest BCUT2D eigenvalue weighted by Crippen LogP contribution is -3.00. The highest BCUT2D eigenvalue weighted by atomic mass is 35.5. The second-order valence-corrected chi connectivity index (χ2v) is 13.2. The Balaban J connectivity index is 0.0000101. The molecule has 266 valence electrons. The molecule has 8 heteroatoms. The second-order valence-electron chi connectivity index (χ2n) is 13.2. The van der Waals surface area contributed by atoms with Crippen LogP contribution in [0, 0.1) is 0 Å². The third-order valence-corrected chi connectivity index (χ3v) is 9.55. The Morgan fingerprint density at radius 1 is 0.391 bits per heavy atom. The summed E-state index contributed by atoms with van der Waals surface area (Å²) in [5, 5.41) is 39.5. The normalized spacial score (nSPS) is 11.7. The third kappa shape index (κ3) is 16.7. The van der Waals surface area contributed by atoms with Gasteiger partial charge in [-0.1, -0.05) is 114 Å². The summed E-state index contributed by atoms with van der Waals surface area (Å²) in [7, 11) is 0. The van der Waals surface area contributed by atoms with Crippen molar-refractivity contribution in [1.82, 2.24) is 0 Å². The Morgan fingerprint density at radius 2 is 0.674 bits per heavy atom. The van der Waals surface area contributed by atoms with E-state index in [2.05, 4.69) is 62.4 Å². The molecule has 0 fully saturated rings. The smallest absolute Gasteiger partial charge is 0.104 e. The summed E-state index contributed by atoms with van der Waals surface area (Å²) in [6.07, 6.45) is 14.9. The van der Waals surface area contributed by atoms with Crippen molar-refractivity contribution in [2.45, 2.75) is 104 Å². The SMILES string of the molecule is CCCCCCCC[N+](CCO)(CCO)Cc1ccc(-c2ccc(C[N+](CCO)(CCO)CCCCCCCC)cc2)cc1.[Cl-].[Cl-]. The van der Waals surface area contributed by atoms with Crippen molar-refractivity contribution in [3.05, 3.63) is 59.7 Å². The number of unbranched alkanes of at least 4 members (excludes halogenated alkanes) is 10. The Hall–Kier alpha value is -1.22. The highest BCUT2D eigenvalue weighted by Crippen LogP contribution is 2.25. The minimum atomic E-state index is 0. The average Bonchev–Trinajstić information content (AvgIpc) is 3.02. The van der Waals surface area contributed by atoms with Gasteiger partial charge in [-0.25, -0.2) is 0 Å². The van der Waals surface area contributed by atoms with Gasteiger partial charge in [0.1, 0.15) is 39.3 Å². The largest absolute Gasteiger partial charge is 1.00 e. The van der Waals surface area contributed by atoms with Gasteiger partial charge >= 0.3 is 0 Å². The first kappa shape index (κ1) is 44.8. The van der Waals surface area contributed by atoms with E-state index in [9.17, 15) is 20.4 Å². The van der Waals surface area contributed by atoms with Crippen LogP contribution < -0.4 is 24.8 Å². The molecule has 0 spiro atoms. The zero-order chi connectivity index (χ0) is 31.9. The van der Waals surface area contributed by atoms with Crippen LogP contribution in [-0.4, -0.2) is 95.1 Å². The molecule has 0 aliphatic heterocycles. The summed E-state index contributed by atoms with van der Waals surface area (Å²) in [4.78, 5) is 0. The van der Waals surface area contributed by atoms with E-state index < -0.39 is 0 Å². The van der Waals surface area contributed by atoms with Gasteiger partial charge in [0.25, 0.3) is 0 Å². The van der Waals surface area contributed by atoms with Crippen LogP contribution in [0.5, 0.6) is 0 Å². The molecule has 46 heavy (non-hydrogen) atoms. The fraction of sp³-hybridized carbons (Fsp3) is 0.684. The lowest BCUT2D eigenvalue weighted by atomic mass is 10.0. The summed E-state index contributed by atoms with van der Waals surface area (Å²) in [5.74, 6) is 0. The predicted molar refractivity (Wildman–Crippen MR) is 184 cm³/mol. The minimum absolute atomic E-state index is 0. The molecule has 0 heterocycles. The van der Waals surface area contributed by atoms with E-state index in [0.29, 0.717) is 26.2 Å². The molecule has 4 N–H and O–H groups in total. The summed E-state index contributed by atoms with van der Waals surface area (Å²) in [6, 6.07) is 17.6. The molecule has 0 aliphatic rings. The fourth-order valence-electron chi connectivity index (χ4n) is 6.83. The standard InChI is InChI=1S/C38H66N2O4.2ClH/c1-3-5-7-9-11-13-23-39(25-29-41,26-30-42)33-35-15-19-37(20-16-35)38-21-17-36(18-22-38)34-40(27-31-43,28-32-44)24-14-12-10-8-6-4-2;;/h15-22,41-44H,3-14,23-34H2,1-2H3;2*1H/q+2;;/p-2. The van der Waals surface area contributed by atoms with Crippen LogP contribution in [-0.2, 0) is 13.1 Å². The molecule has 0 atom stereocenters. The van der Waals surface area contributed by atoms with Crippen molar-refractivity contribution >= 4 is 0 Å². The maximum absolute atomic E-state index is 9.88. The molecule has 0 radical (unpaired) electrons. The van der Waals surface area contributed by atoms with Crippen molar-refractivity contribution in [2.75, 3.05) is 65.7 Å². The van der Waals surface area contributed by atoms with Crippen molar-refractivity contribution in [2.24, 2.45) is 0 Å². The van der Waals surface area contributed by atoms with E-state index in [4.69, 9.17) is 0 Å². The molecule has 2 aromatic carbocycles. The number of hydrogen-bond donors (Lipinski definition) is 4. The number of rotatable bonds is 27. The van der Waals surface area contributed by atoms with E-state index >= 15 is 0 Å². The molecule has 6 nitrogen and oxygen atoms in total. The molecule has 0 saturated heterocycles. The van der Waals surface area contributed by atoms with Gasteiger partial charge in [0, 0.05) is 11.1 Å². The fourth-order valence-corrected chi connectivity index (χ4v) is 6.83. The Labute approximate surface area is 293 Å². The monoisotopic (exact) mass is 684 g/mol. The number of aliphatic hydroxyl groups is 4. The average molecular weight is 686 g/mol. The van der Waals surface area contributed by atoms with Gasteiger partial charge in [0.2, 0.25) is 0 Å². The molecular weight excluding hydrogens is 619 g/mol. The van der Waals surface area contributed by atoms with Gasteiger partial charge in [0.05, 0.1) is 39.5 Å². The van der Waals surface area contributed by atoms with Gasteiger partial charge < -0.3 is 54.2 Å². The molecule has 2 aromatic rings. The van der Waals surface area contributed by atoms with E-state index in [-0.39, 0.29) is 51.2 Å². The van der Waals surface area contributed by atoms with Crippen LogP contribution in [0.2, 0.25) is 0 Å². The third-order valence-electron chi connectivity index (χ3n) is 9.55. The molecule has 0 saturated carbocycles. The van der Waals surface area contributed by atoms with E-state index in [0.717, 1.165) is 48.0 Å². The topological polar surface area (TPSA) is 80.9 Å². The first-order chi connectivity index (χ1) is 21.5. The molecular formula is C38H66Cl2N2O4. The van der Waals surface area contributed by atoms with Crippen LogP contribution in [0.15, 0.2) is 48.5 Å². The summed E-state index contributed by atoms with van der Waals surface area (Å²) in [6.45, 7) is 11.3. The summed E-state index contributed by atoms with van der Waals surface area (Å²) < 4.78 is 1.46. The first-order valence-electron chi connectivity index (χ1n) is 17.8. The van der Waals surface area contributed by atoms with Crippen LogP contribution in [0.4, 0.5) is 0 Å². The number of benzene rings is 2. The number of aliphatic hydroxyl groups excluding tert-OH is 4.